The van der Waals surface area contributed by atoms with Crippen molar-refractivity contribution in [1.29, 1.82) is 0 Å². The first-order valence-electron chi connectivity index (χ1n) is 3.85. The second kappa shape index (κ2) is 2.57. The summed E-state index contributed by atoms with van der Waals surface area (Å²) < 4.78 is 0. The van der Waals surface area contributed by atoms with E-state index in [0.717, 1.165) is 12.5 Å². The molecule has 2 nitrogen and oxygen atoms in total. The van der Waals surface area contributed by atoms with E-state index in [0.29, 0.717) is 12.2 Å². The highest BCUT2D eigenvalue weighted by Crippen LogP contribution is 2.33. The van der Waals surface area contributed by atoms with E-state index in [1.165, 1.54) is 12.8 Å². The van der Waals surface area contributed by atoms with Crippen LogP contribution in [-0.4, -0.2) is 24.1 Å². The average Bonchev–Trinajstić information content (AvgIpc) is 2.70. The largest absolute Gasteiger partial charge is 0.296 e. The van der Waals surface area contributed by atoms with E-state index in [4.69, 9.17) is 12.2 Å². The van der Waals surface area contributed by atoms with Crippen LogP contribution in [0.3, 0.4) is 0 Å². The monoisotopic (exact) mass is 156 g/mol. The summed E-state index contributed by atoms with van der Waals surface area (Å²) >= 11 is 4.82. The van der Waals surface area contributed by atoms with Crippen LogP contribution in [0.5, 0.6) is 0 Å². The Bertz CT molecular complexity index is 145. The standard InChI is InChI=1S/C7H12N2S/c10-4-7-8-3-6(9-7)5-1-2-5/h4-9H,1-3H2. The van der Waals surface area contributed by atoms with Gasteiger partial charge in [0.15, 0.2) is 0 Å². The molecule has 10 heavy (non-hydrogen) atoms. The van der Waals surface area contributed by atoms with Crippen molar-refractivity contribution in [1.82, 2.24) is 10.6 Å². The molecule has 1 heterocycles. The van der Waals surface area contributed by atoms with Crippen molar-refractivity contribution in [2.45, 2.75) is 25.0 Å². The van der Waals surface area contributed by atoms with Gasteiger partial charge >= 0.3 is 0 Å². The van der Waals surface area contributed by atoms with E-state index in [9.17, 15) is 0 Å². The predicted octanol–water partition coefficient (Wildman–Crippen LogP) is 0.284. The summed E-state index contributed by atoms with van der Waals surface area (Å²) in [6.07, 6.45) is 3.10. The van der Waals surface area contributed by atoms with Gasteiger partial charge in [-0.15, -0.1) is 0 Å². The molecule has 0 aromatic heterocycles. The molecule has 2 rings (SSSR count). The lowest BCUT2D eigenvalue weighted by atomic mass is 10.2. The van der Waals surface area contributed by atoms with Gasteiger partial charge in [-0.3, -0.25) is 10.6 Å². The van der Waals surface area contributed by atoms with Crippen LogP contribution in [0.2, 0.25) is 0 Å². The zero-order valence-corrected chi connectivity index (χ0v) is 6.66. The van der Waals surface area contributed by atoms with E-state index in [2.05, 4.69) is 10.6 Å². The molecule has 56 valence electrons. The Morgan fingerprint density at radius 2 is 2.20 bits per heavy atom. The number of rotatable bonds is 2. The van der Waals surface area contributed by atoms with Crippen LogP contribution in [0.1, 0.15) is 12.8 Å². The van der Waals surface area contributed by atoms with Gasteiger partial charge in [-0.2, -0.15) is 0 Å². The normalized spacial score (nSPS) is 40.0. The van der Waals surface area contributed by atoms with Crippen molar-refractivity contribution in [3.05, 3.63) is 0 Å². The molecule has 2 aliphatic rings. The van der Waals surface area contributed by atoms with Crippen LogP contribution in [-0.2, 0) is 0 Å². The summed E-state index contributed by atoms with van der Waals surface area (Å²) in [6.45, 7) is 1.10. The maximum Gasteiger partial charge on any atom is 0.0872 e. The lowest BCUT2D eigenvalue weighted by Crippen LogP contribution is -2.34. The first-order valence-corrected chi connectivity index (χ1v) is 4.32. The maximum atomic E-state index is 4.82. The van der Waals surface area contributed by atoms with Crippen molar-refractivity contribution < 1.29 is 0 Å². The Kier molecular flexibility index (Phi) is 1.72. The summed E-state index contributed by atoms with van der Waals surface area (Å²) in [5.74, 6) is 0.937. The molecule has 3 heteroatoms. The molecule has 0 aromatic rings. The van der Waals surface area contributed by atoms with Crippen molar-refractivity contribution in [3.8, 4) is 0 Å². The fourth-order valence-electron chi connectivity index (χ4n) is 1.49. The van der Waals surface area contributed by atoms with Gasteiger partial charge in [-0.25, -0.2) is 0 Å². The molecule has 0 bridgehead atoms. The molecule has 1 saturated heterocycles. The highest BCUT2D eigenvalue weighted by molar-refractivity contribution is 7.79. The minimum atomic E-state index is 0.292. The topological polar surface area (TPSA) is 24.1 Å². The van der Waals surface area contributed by atoms with Gasteiger partial charge in [-0.05, 0) is 18.8 Å². The highest BCUT2D eigenvalue weighted by atomic mass is 32.1. The molecule has 1 saturated carbocycles. The fraction of sp³-hybridized carbons (Fsp3) is 0.857. The van der Waals surface area contributed by atoms with Crippen molar-refractivity contribution in [2.24, 2.45) is 5.92 Å². The highest BCUT2D eigenvalue weighted by Gasteiger charge is 2.35. The third-order valence-electron chi connectivity index (χ3n) is 2.28. The lowest BCUT2D eigenvalue weighted by molar-refractivity contribution is 0.550. The molecule has 2 fully saturated rings. The number of thiocarbonyl (C=S) groups is 1. The molecule has 2 unspecified atom stereocenters. The van der Waals surface area contributed by atoms with Gasteiger partial charge in [-0.1, -0.05) is 12.2 Å². The molecule has 0 amide bonds. The van der Waals surface area contributed by atoms with E-state index in [1.807, 2.05) is 0 Å². The zero-order chi connectivity index (χ0) is 6.97. The smallest absolute Gasteiger partial charge is 0.0872 e. The Morgan fingerprint density at radius 1 is 1.40 bits per heavy atom. The minimum absolute atomic E-state index is 0.292. The van der Waals surface area contributed by atoms with Crippen molar-refractivity contribution in [3.63, 3.8) is 0 Å². The molecule has 2 N–H and O–H groups in total. The summed E-state index contributed by atoms with van der Waals surface area (Å²) in [7, 11) is 0. The Morgan fingerprint density at radius 3 is 2.70 bits per heavy atom. The molecule has 0 radical (unpaired) electrons. The van der Waals surface area contributed by atoms with Crippen LogP contribution >= 0.6 is 12.2 Å². The molecule has 1 aliphatic heterocycles. The van der Waals surface area contributed by atoms with E-state index in [-0.39, 0.29) is 0 Å². The molecule has 1 aliphatic carbocycles. The van der Waals surface area contributed by atoms with Crippen LogP contribution < -0.4 is 10.6 Å². The molecule has 2 atom stereocenters. The molecule has 0 spiro atoms. The fourth-order valence-corrected chi connectivity index (χ4v) is 1.67. The zero-order valence-electron chi connectivity index (χ0n) is 5.84. The van der Waals surface area contributed by atoms with Gasteiger partial charge in [0.1, 0.15) is 0 Å². The predicted molar refractivity (Wildman–Crippen MR) is 45.1 cm³/mol. The number of hydrogen-bond acceptors (Lipinski definition) is 3. The van der Waals surface area contributed by atoms with Crippen LogP contribution in [0, 0.1) is 5.92 Å². The molecular weight excluding hydrogens is 144 g/mol. The first kappa shape index (κ1) is 6.70. The first-order chi connectivity index (χ1) is 4.90. The van der Waals surface area contributed by atoms with Crippen LogP contribution in [0.15, 0.2) is 0 Å². The van der Waals surface area contributed by atoms with Crippen LogP contribution in [0.25, 0.3) is 0 Å². The van der Waals surface area contributed by atoms with Gasteiger partial charge in [0, 0.05) is 18.0 Å². The van der Waals surface area contributed by atoms with Crippen LogP contribution in [0.4, 0.5) is 0 Å². The Balaban J connectivity index is 1.86. The number of hydrogen-bond donors (Lipinski definition) is 2. The summed E-state index contributed by atoms with van der Waals surface area (Å²) in [5, 5.41) is 8.50. The van der Waals surface area contributed by atoms with Gasteiger partial charge in [0.25, 0.3) is 0 Å². The summed E-state index contributed by atoms with van der Waals surface area (Å²) in [5.41, 5.74) is 0. The Labute approximate surface area is 66.4 Å². The summed E-state index contributed by atoms with van der Waals surface area (Å²) in [4.78, 5) is 0. The molecule has 0 aromatic carbocycles. The van der Waals surface area contributed by atoms with Gasteiger partial charge in [0.2, 0.25) is 0 Å². The van der Waals surface area contributed by atoms with E-state index < -0.39 is 0 Å². The van der Waals surface area contributed by atoms with E-state index >= 15 is 0 Å². The van der Waals surface area contributed by atoms with Crippen molar-refractivity contribution in [2.75, 3.05) is 6.54 Å². The quantitative estimate of drug-likeness (QED) is 0.562. The maximum absolute atomic E-state index is 4.82. The third kappa shape index (κ3) is 1.21. The second-order valence-electron chi connectivity index (χ2n) is 3.13. The summed E-state index contributed by atoms with van der Waals surface area (Å²) in [6, 6.07) is 0.698. The minimum Gasteiger partial charge on any atom is -0.296 e. The van der Waals surface area contributed by atoms with Crippen molar-refractivity contribution >= 4 is 17.6 Å². The average molecular weight is 156 g/mol. The van der Waals surface area contributed by atoms with Gasteiger partial charge < -0.3 is 0 Å². The second-order valence-corrected chi connectivity index (χ2v) is 3.40. The lowest BCUT2D eigenvalue weighted by Gasteiger charge is -2.06. The van der Waals surface area contributed by atoms with Gasteiger partial charge in [0.05, 0.1) is 6.17 Å². The third-order valence-corrected chi connectivity index (χ3v) is 2.55. The SMILES string of the molecule is S=CC1NCC(C2CC2)N1. The number of nitrogens with one attached hydrogen (secondary N) is 2. The Hall–Kier alpha value is 0.0100. The van der Waals surface area contributed by atoms with E-state index in [1.54, 1.807) is 5.37 Å². The molecular formula is C7H12N2S.